The second kappa shape index (κ2) is 6.74. The van der Waals surface area contributed by atoms with Gasteiger partial charge in [-0.2, -0.15) is 5.10 Å². The van der Waals surface area contributed by atoms with Crippen LogP contribution >= 0.6 is 0 Å². The van der Waals surface area contributed by atoms with Crippen LogP contribution in [-0.4, -0.2) is 28.3 Å². The maximum absolute atomic E-state index is 10.0. The van der Waals surface area contributed by atoms with Crippen molar-refractivity contribution in [3.05, 3.63) is 65.7 Å². The number of aromatic hydroxyl groups is 1. The summed E-state index contributed by atoms with van der Waals surface area (Å²) >= 11 is 0. The first-order chi connectivity index (χ1) is 11.6. The van der Waals surface area contributed by atoms with Gasteiger partial charge in [0.2, 0.25) is 5.96 Å². The minimum Gasteiger partial charge on any atom is -0.507 e. The van der Waals surface area contributed by atoms with Gasteiger partial charge in [-0.25, -0.2) is 10.0 Å². The summed E-state index contributed by atoms with van der Waals surface area (Å²) in [4.78, 5) is 4.56. The van der Waals surface area contributed by atoms with E-state index < -0.39 is 0 Å². The molecule has 5 nitrogen and oxygen atoms in total. The number of guanidine groups is 1. The second-order valence-electron chi connectivity index (χ2n) is 6.06. The molecule has 0 spiro atoms. The first-order valence-corrected chi connectivity index (χ1v) is 8.09. The minimum absolute atomic E-state index is 0.0362. The van der Waals surface area contributed by atoms with Crippen LogP contribution in [0.5, 0.6) is 5.75 Å². The number of benzene rings is 2. The lowest BCUT2D eigenvalue weighted by Crippen LogP contribution is -2.33. The average Bonchev–Trinajstić information content (AvgIpc) is 2.98. The topological polar surface area (TPSA) is 74.2 Å². The summed E-state index contributed by atoms with van der Waals surface area (Å²) in [6, 6.07) is 17.2. The number of aliphatic imine (C=N–C) groups is 1. The van der Waals surface area contributed by atoms with Gasteiger partial charge in [0.25, 0.3) is 0 Å². The van der Waals surface area contributed by atoms with Crippen molar-refractivity contribution in [3.63, 3.8) is 0 Å². The average molecular weight is 322 g/mol. The first kappa shape index (κ1) is 16.1. The van der Waals surface area contributed by atoms with E-state index in [0.29, 0.717) is 12.5 Å². The fraction of sp³-hybridized carbons (Fsp3) is 0.263. The zero-order valence-corrected chi connectivity index (χ0v) is 13.9. The van der Waals surface area contributed by atoms with Gasteiger partial charge in [-0.3, -0.25) is 0 Å². The molecule has 1 aliphatic heterocycles. The van der Waals surface area contributed by atoms with Crippen LogP contribution in [0.4, 0.5) is 0 Å². The molecule has 0 saturated heterocycles. The van der Waals surface area contributed by atoms with E-state index in [1.165, 1.54) is 0 Å². The fourth-order valence-electron chi connectivity index (χ4n) is 2.84. The van der Waals surface area contributed by atoms with Gasteiger partial charge in [0, 0.05) is 11.5 Å². The zero-order valence-electron chi connectivity index (χ0n) is 13.9. The van der Waals surface area contributed by atoms with E-state index in [2.05, 4.69) is 17.0 Å². The predicted octanol–water partition coefficient (Wildman–Crippen LogP) is 3.12. The summed E-state index contributed by atoms with van der Waals surface area (Å²) in [5.74, 6) is 0.792. The molecule has 2 atom stereocenters. The van der Waals surface area contributed by atoms with E-state index in [4.69, 9.17) is 5.73 Å². The Hall–Kier alpha value is -2.82. The molecule has 0 bridgehead atoms. The molecule has 3 rings (SSSR count). The van der Waals surface area contributed by atoms with Crippen LogP contribution in [0.15, 0.2) is 64.7 Å². The molecule has 2 aromatic carbocycles. The summed E-state index contributed by atoms with van der Waals surface area (Å²) in [5.41, 5.74) is 8.85. The molecule has 3 N–H and O–H groups in total. The molecule has 1 heterocycles. The van der Waals surface area contributed by atoms with Crippen LogP contribution in [0, 0.1) is 5.92 Å². The Kier molecular flexibility index (Phi) is 4.51. The number of rotatable bonds is 3. The Balaban J connectivity index is 1.83. The van der Waals surface area contributed by atoms with Gasteiger partial charge in [-0.05, 0) is 24.6 Å². The van der Waals surface area contributed by atoms with E-state index in [-0.39, 0.29) is 17.7 Å². The van der Waals surface area contributed by atoms with Gasteiger partial charge in [0.15, 0.2) is 0 Å². The third kappa shape index (κ3) is 3.25. The number of phenols is 1. The van der Waals surface area contributed by atoms with Crippen molar-refractivity contribution < 1.29 is 5.11 Å². The molecule has 2 aromatic rings. The Morgan fingerprint density at radius 3 is 2.58 bits per heavy atom. The Morgan fingerprint density at radius 1 is 1.21 bits per heavy atom. The van der Waals surface area contributed by atoms with Gasteiger partial charge in [0.05, 0.1) is 18.3 Å². The molecular weight excluding hydrogens is 300 g/mol. The maximum Gasteiger partial charge on any atom is 0.212 e. The Labute approximate surface area is 142 Å². The van der Waals surface area contributed by atoms with Crippen molar-refractivity contribution >= 4 is 11.7 Å². The highest BCUT2D eigenvalue weighted by Crippen LogP contribution is 2.25. The van der Waals surface area contributed by atoms with Crippen LogP contribution < -0.4 is 5.73 Å². The molecule has 0 saturated carbocycles. The number of nitrogens with two attached hydrogens (primary N) is 1. The fourth-order valence-corrected chi connectivity index (χ4v) is 2.84. The number of hydrazone groups is 1. The van der Waals surface area contributed by atoms with Gasteiger partial charge < -0.3 is 10.8 Å². The van der Waals surface area contributed by atoms with Crippen molar-refractivity contribution in [3.8, 4) is 5.75 Å². The lowest BCUT2D eigenvalue weighted by molar-refractivity contribution is 0.447. The van der Waals surface area contributed by atoms with E-state index in [1.807, 2.05) is 49.4 Å². The molecule has 0 aromatic heterocycles. The predicted molar refractivity (Wildman–Crippen MR) is 97.0 cm³/mol. The summed E-state index contributed by atoms with van der Waals surface area (Å²) in [7, 11) is 0. The second-order valence-corrected chi connectivity index (χ2v) is 6.06. The summed E-state index contributed by atoms with van der Waals surface area (Å²) in [5, 5.41) is 16.3. The number of nitrogens with zero attached hydrogens (tertiary/aromatic N) is 3. The van der Waals surface area contributed by atoms with Crippen LogP contribution in [-0.2, 0) is 0 Å². The molecule has 1 unspecified atom stereocenters. The third-order valence-electron chi connectivity index (χ3n) is 4.19. The van der Waals surface area contributed by atoms with Crippen LogP contribution in [0.2, 0.25) is 0 Å². The highest BCUT2D eigenvalue weighted by Gasteiger charge is 2.27. The normalized spacial score (nSPS) is 19.2. The number of phenolic OH excluding ortho intramolecular Hbond substituents is 1. The largest absolute Gasteiger partial charge is 0.507 e. The van der Waals surface area contributed by atoms with Crippen molar-refractivity contribution in [2.75, 3.05) is 6.54 Å². The van der Waals surface area contributed by atoms with Crippen molar-refractivity contribution in [1.82, 2.24) is 5.01 Å². The first-order valence-electron chi connectivity index (χ1n) is 8.09. The monoisotopic (exact) mass is 322 g/mol. The quantitative estimate of drug-likeness (QED) is 0.673. The minimum atomic E-state index is -0.0362. The lowest BCUT2D eigenvalue weighted by Gasteiger charge is -2.15. The molecule has 5 heteroatoms. The summed E-state index contributed by atoms with van der Waals surface area (Å²) in [6.07, 6.45) is 0. The number of hydrogen-bond acceptors (Lipinski definition) is 3. The van der Waals surface area contributed by atoms with Gasteiger partial charge in [-0.1, -0.05) is 49.4 Å². The molecule has 24 heavy (non-hydrogen) atoms. The van der Waals surface area contributed by atoms with E-state index in [1.54, 1.807) is 17.1 Å². The molecule has 1 aliphatic rings. The SMILES string of the molecule is CC1CN(C(N)=N[C@H](C)c2ccccc2)N=C1c1ccccc1O. The van der Waals surface area contributed by atoms with Gasteiger partial charge >= 0.3 is 0 Å². The number of hydrogen-bond donors (Lipinski definition) is 2. The Morgan fingerprint density at radius 2 is 1.88 bits per heavy atom. The van der Waals surface area contributed by atoms with Crippen LogP contribution in [0.25, 0.3) is 0 Å². The van der Waals surface area contributed by atoms with E-state index in [0.717, 1.165) is 16.8 Å². The maximum atomic E-state index is 10.0. The highest BCUT2D eigenvalue weighted by molar-refractivity contribution is 6.06. The zero-order chi connectivity index (χ0) is 17.1. The molecule has 0 aliphatic carbocycles. The summed E-state index contributed by atoms with van der Waals surface area (Å²) in [6.45, 7) is 4.73. The molecular formula is C19H22N4O. The van der Waals surface area contributed by atoms with Gasteiger partial charge in [-0.15, -0.1) is 0 Å². The van der Waals surface area contributed by atoms with Crippen molar-refractivity contribution in [2.45, 2.75) is 19.9 Å². The molecule has 0 fully saturated rings. The van der Waals surface area contributed by atoms with Crippen LogP contribution in [0.1, 0.15) is 31.0 Å². The van der Waals surface area contributed by atoms with Crippen molar-refractivity contribution in [1.29, 1.82) is 0 Å². The van der Waals surface area contributed by atoms with Gasteiger partial charge in [0.1, 0.15) is 5.75 Å². The van der Waals surface area contributed by atoms with E-state index >= 15 is 0 Å². The molecule has 0 amide bonds. The van der Waals surface area contributed by atoms with Crippen LogP contribution in [0.3, 0.4) is 0 Å². The Bertz CT molecular complexity index is 770. The molecule has 0 radical (unpaired) electrons. The smallest absolute Gasteiger partial charge is 0.212 e. The third-order valence-corrected chi connectivity index (χ3v) is 4.19. The summed E-state index contributed by atoms with van der Waals surface area (Å²) < 4.78 is 0. The standard InChI is InChI=1S/C19H22N4O/c1-13-12-23(22-18(13)16-10-6-7-11-17(16)24)19(20)21-14(2)15-8-4-3-5-9-15/h3-11,13-14,24H,12H2,1-2H3,(H2,20,21)/t13?,14-/m1/s1. The number of para-hydroxylation sites is 1. The van der Waals surface area contributed by atoms with E-state index in [9.17, 15) is 5.11 Å². The molecule has 124 valence electrons. The van der Waals surface area contributed by atoms with Crippen molar-refractivity contribution in [2.24, 2.45) is 21.7 Å². The lowest BCUT2D eigenvalue weighted by atomic mass is 9.99. The highest BCUT2D eigenvalue weighted by atomic mass is 16.3.